The van der Waals surface area contributed by atoms with E-state index in [1.807, 2.05) is 36.3 Å². The predicted molar refractivity (Wildman–Crippen MR) is 49.8 cm³/mol. The van der Waals surface area contributed by atoms with Gasteiger partial charge in [-0.1, -0.05) is 13.8 Å². The molecule has 1 aromatic heterocycles. The molecule has 0 aliphatic carbocycles. The Hall–Kier alpha value is -0.500. The summed E-state index contributed by atoms with van der Waals surface area (Å²) in [4.78, 5) is 5.27. The second-order valence-corrected chi connectivity index (χ2v) is 3.98. The molecule has 0 saturated carbocycles. The molecule has 0 aliphatic rings. The molecule has 60 valence electrons. The molecule has 0 N–H and O–H groups in total. The first kappa shape index (κ1) is 8.60. The van der Waals surface area contributed by atoms with Crippen LogP contribution in [0.5, 0.6) is 0 Å². The molecule has 1 rings (SSSR count). The van der Waals surface area contributed by atoms with Crippen LogP contribution in [0.4, 0.5) is 0 Å². The maximum absolute atomic E-state index is 3.96. The summed E-state index contributed by atoms with van der Waals surface area (Å²) in [6, 6.07) is 4.10. The van der Waals surface area contributed by atoms with Crippen LogP contribution < -0.4 is 0 Å². The summed E-state index contributed by atoms with van der Waals surface area (Å²) in [5.74, 6) is 1.94. The highest BCUT2D eigenvalue weighted by molar-refractivity contribution is 7.99. The molecule has 0 saturated heterocycles. The summed E-state index contributed by atoms with van der Waals surface area (Å²) in [5.41, 5.74) is 0. The molecule has 0 atom stereocenters. The van der Waals surface area contributed by atoms with E-state index >= 15 is 0 Å². The first-order chi connectivity index (χ1) is 5.29. The summed E-state index contributed by atoms with van der Waals surface area (Å²) < 4.78 is 0. The van der Waals surface area contributed by atoms with Crippen molar-refractivity contribution in [1.29, 1.82) is 0 Å². The molecule has 0 radical (unpaired) electrons. The number of rotatable bonds is 3. The van der Waals surface area contributed by atoms with Crippen LogP contribution in [-0.2, 0) is 0 Å². The Kier molecular flexibility index (Phi) is 3.43. The molecule has 0 fully saturated rings. The Balaban J connectivity index is 2.39. The molecule has 0 unspecified atom stereocenters. The fourth-order valence-electron chi connectivity index (χ4n) is 0.697. The Bertz CT molecular complexity index is 196. The molecular weight excluding hydrogens is 154 g/mol. The van der Waals surface area contributed by atoms with Gasteiger partial charge in [-0.15, -0.1) is 11.8 Å². The molecule has 0 amide bonds. The highest BCUT2D eigenvalue weighted by Crippen LogP contribution is 2.18. The highest BCUT2D eigenvalue weighted by Gasteiger charge is 1.95. The minimum absolute atomic E-state index is 0.758. The number of hydrogen-bond acceptors (Lipinski definition) is 2. The van der Waals surface area contributed by atoms with Crippen molar-refractivity contribution >= 4 is 11.8 Å². The van der Waals surface area contributed by atoms with Crippen LogP contribution in [0.25, 0.3) is 0 Å². The third-order valence-electron chi connectivity index (χ3n) is 1.23. The van der Waals surface area contributed by atoms with Crippen LogP contribution in [0.2, 0.25) is 0 Å². The predicted octanol–water partition coefficient (Wildman–Crippen LogP) is 2.83. The molecular formula is C9H13NS. The number of hydrogen-bond donors (Lipinski definition) is 0. The summed E-state index contributed by atoms with van der Waals surface area (Å²) in [5, 5.41) is 0. The second kappa shape index (κ2) is 4.39. The Labute approximate surface area is 72.2 Å². The Morgan fingerprint density at radius 2 is 2.00 bits per heavy atom. The van der Waals surface area contributed by atoms with E-state index in [0.29, 0.717) is 0 Å². The van der Waals surface area contributed by atoms with E-state index < -0.39 is 0 Å². The van der Waals surface area contributed by atoms with Crippen molar-refractivity contribution in [3.63, 3.8) is 0 Å². The van der Waals surface area contributed by atoms with E-state index in [9.17, 15) is 0 Å². The van der Waals surface area contributed by atoms with E-state index in [1.54, 1.807) is 0 Å². The van der Waals surface area contributed by atoms with Gasteiger partial charge in [-0.05, 0) is 18.1 Å². The van der Waals surface area contributed by atoms with Crippen molar-refractivity contribution in [1.82, 2.24) is 4.98 Å². The van der Waals surface area contributed by atoms with E-state index in [-0.39, 0.29) is 0 Å². The minimum Gasteiger partial charge on any atom is -0.265 e. The SMILES string of the molecule is CC(C)CSc1ccncc1. The molecule has 0 bridgehead atoms. The number of nitrogens with zero attached hydrogens (tertiary/aromatic N) is 1. The third kappa shape index (κ3) is 3.42. The van der Waals surface area contributed by atoms with Crippen molar-refractivity contribution in [2.75, 3.05) is 5.75 Å². The van der Waals surface area contributed by atoms with Gasteiger partial charge in [0.2, 0.25) is 0 Å². The molecule has 0 aromatic carbocycles. The van der Waals surface area contributed by atoms with Gasteiger partial charge < -0.3 is 0 Å². The molecule has 1 aromatic rings. The number of aromatic nitrogens is 1. The highest BCUT2D eigenvalue weighted by atomic mass is 32.2. The first-order valence-corrected chi connectivity index (χ1v) is 4.80. The van der Waals surface area contributed by atoms with Crippen molar-refractivity contribution in [2.45, 2.75) is 18.7 Å². The smallest absolute Gasteiger partial charge is 0.0278 e. The van der Waals surface area contributed by atoms with Gasteiger partial charge in [-0.2, -0.15) is 0 Å². The quantitative estimate of drug-likeness (QED) is 0.642. The third-order valence-corrected chi connectivity index (χ3v) is 2.67. The lowest BCUT2D eigenvalue weighted by molar-refractivity contribution is 0.750. The Morgan fingerprint density at radius 3 is 2.55 bits per heavy atom. The van der Waals surface area contributed by atoms with E-state index in [2.05, 4.69) is 18.8 Å². The van der Waals surface area contributed by atoms with E-state index in [0.717, 1.165) is 5.92 Å². The lowest BCUT2D eigenvalue weighted by Gasteiger charge is -2.02. The van der Waals surface area contributed by atoms with Gasteiger partial charge in [0.25, 0.3) is 0 Å². The van der Waals surface area contributed by atoms with E-state index in [1.165, 1.54) is 10.6 Å². The van der Waals surface area contributed by atoms with Crippen LogP contribution in [0, 0.1) is 5.92 Å². The maximum Gasteiger partial charge on any atom is 0.0278 e. The lowest BCUT2D eigenvalue weighted by Crippen LogP contribution is -1.89. The molecule has 2 heteroatoms. The van der Waals surface area contributed by atoms with Crippen molar-refractivity contribution in [3.05, 3.63) is 24.5 Å². The molecule has 1 nitrogen and oxygen atoms in total. The summed E-state index contributed by atoms with van der Waals surface area (Å²) in [6.45, 7) is 4.46. The van der Waals surface area contributed by atoms with Crippen LogP contribution in [0.15, 0.2) is 29.4 Å². The lowest BCUT2D eigenvalue weighted by atomic mass is 10.3. The second-order valence-electron chi connectivity index (χ2n) is 2.89. The van der Waals surface area contributed by atoms with Gasteiger partial charge in [-0.3, -0.25) is 4.98 Å². The number of pyridine rings is 1. The topological polar surface area (TPSA) is 12.9 Å². The monoisotopic (exact) mass is 167 g/mol. The largest absolute Gasteiger partial charge is 0.265 e. The average molecular weight is 167 g/mol. The van der Waals surface area contributed by atoms with Crippen molar-refractivity contribution < 1.29 is 0 Å². The first-order valence-electron chi connectivity index (χ1n) is 3.82. The fraction of sp³-hybridized carbons (Fsp3) is 0.444. The van der Waals surface area contributed by atoms with Crippen LogP contribution in [0.1, 0.15) is 13.8 Å². The zero-order valence-electron chi connectivity index (χ0n) is 6.95. The van der Waals surface area contributed by atoms with Gasteiger partial charge in [-0.25, -0.2) is 0 Å². The van der Waals surface area contributed by atoms with Gasteiger partial charge in [0.1, 0.15) is 0 Å². The van der Waals surface area contributed by atoms with Crippen molar-refractivity contribution in [3.8, 4) is 0 Å². The maximum atomic E-state index is 3.96. The molecule has 11 heavy (non-hydrogen) atoms. The van der Waals surface area contributed by atoms with Crippen LogP contribution >= 0.6 is 11.8 Å². The molecule has 0 aliphatic heterocycles. The number of thioether (sulfide) groups is 1. The van der Waals surface area contributed by atoms with Crippen molar-refractivity contribution in [2.24, 2.45) is 5.92 Å². The fourth-order valence-corrected chi connectivity index (χ4v) is 1.54. The summed E-state index contributed by atoms with van der Waals surface area (Å²) in [6.07, 6.45) is 3.67. The zero-order valence-corrected chi connectivity index (χ0v) is 7.77. The van der Waals surface area contributed by atoms with Crippen LogP contribution in [-0.4, -0.2) is 10.7 Å². The zero-order chi connectivity index (χ0) is 8.10. The average Bonchev–Trinajstić information content (AvgIpc) is 2.03. The molecule has 1 heterocycles. The minimum atomic E-state index is 0.758. The van der Waals surface area contributed by atoms with Crippen LogP contribution in [0.3, 0.4) is 0 Å². The molecule has 0 spiro atoms. The standard InChI is InChI=1S/C9H13NS/c1-8(2)7-11-9-3-5-10-6-4-9/h3-6,8H,7H2,1-2H3. The Morgan fingerprint density at radius 1 is 1.36 bits per heavy atom. The van der Waals surface area contributed by atoms with Gasteiger partial charge >= 0.3 is 0 Å². The van der Waals surface area contributed by atoms with Gasteiger partial charge in [0.15, 0.2) is 0 Å². The normalized spacial score (nSPS) is 10.5. The van der Waals surface area contributed by atoms with Gasteiger partial charge in [0.05, 0.1) is 0 Å². The van der Waals surface area contributed by atoms with Gasteiger partial charge in [0, 0.05) is 23.0 Å². The van der Waals surface area contributed by atoms with E-state index in [4.69, 9.17) is 0 Å². The summed E-state index contributed by atoms with van der Waals surface area (Å²) >= 11 is 1.89. The summed E-state index contributed by atoms with van der Waals surface area (Å²) in [7, 11) is 0.